The number of pyridine rings is 1. The summed E-state index contributed by atoms with van der Waals surface area (Å²) in [5.41, 5.74) is 5.55. The van der Waals surface area contributed by atoms with Crippen molar-refractivity contribution in [2.45, 2.75) is 12.8 Å². The van der Waals surface area contributed by atoms with Crippen LogP contribution in [0.4, 0.5) is 5.82 Å². The molecule has 19 heavy (non-hydrogen) atoms. The van der Waals surface area contributed by atoms with Gasteiger partial charge in [0.1, 0.15) is 5.82 Å². The van der Waals surface area contributed by atoms with Crippen molar-refractivity contribution in [2.24, 2.45) is 11.7 Å². The zero-order valence-electron chi connectivity index (χ0n) is 10.8. The maximum atomic E-state index is 11.6. The van der Waals surface area contributed by atoms with Crippen molar-refractivity contribution in [3.05, 3.63) is 23.9 Å². The van der Waals surface area contributed by atoms with Gasteiger partial charge in [0.15, 0.2) is 0 Å². The molecule has 1 aliphatic heterocycles. The standard InChI is InChI=1S/C13H17N3O3/c1-19-13(18)10-3-2-6-16(8-10)11-5-4-9(7-15-11)12(14)17/h4-5,7,10H,2-3,6,8H2,1H3,(H2,14,17). The van der Waals surface area contributed by atoms with Crippen LogP contribution in [0.15, 0.2) is 18.3 Å². The van der Waals surface area contributed by atoms with Gasteiger partial charge < -0.3 is 15.4 Å². The van der Waals surface area contributed by atoms with E-state index in [2.05, 4.69) is 4.98 Å². The minimum atomic E-state index is -0.495. The van der Waals surface area contributed by atoms with Crippen LogP contribution in [0.1, 0.15) is 23.2 Å². The van der Waals surface area contributed by atoms with E-state index in [1.807, 2.05) is 4.90 Å². The second-order valence-corrected chi connectivity index (χ2v) is 4.58. The third-order valence-electron chi connectivity index (χ3n) is 3.31. The summed E-state index contributed by atoms with van der Waals surface area (Å²) in [5, 5.41) is 0. The van der Waals surface area contributed by atoms with Gasteiger partial charge in [-0.3, -0.25) is 9.59 Å². The molecule has 1 saturated heterocycles. The molecule has 1 aromatic rings. The number of carbonyl (C=O) groups is 2. The van der Waals surface area contributed by atoms with Crippen molar-refractivity contribution in [3.63, 3.8) is 0 Å². The number of anilines is 1. The average Bonchev–Trinajstić information content (AvgIpc) is 2.46. The molecule has 1 aromatic heterocycles. The van der Waals surface area contributed by atoms with E-state index in [4.69, 9.17) is 10.5 Å². The van der Waals surface area contributed by atoms with E-state index in [0.29, 0.717) is 12.1 Å². The summed E-state index contributed by atoms with van der Waals surface area (Å²) >= 11 is 0. The fourth-order valence-corrected chi connectivity index (χ4v) is 2.26. The van der Waals surface area contributed by atoms with Crippen LogP contribution in [0.3, 0.4) is 0 Å². The number of primary amides is 1. The Morgan fingerprint density at radius 2 is 2.26 bits per heavy atom. The zero-order chi connectivity index (χ0) is 13.8. The predicted molar refractivity (Wildman–Crippen MR) is 69.7 cm³/mol. The van der Waals surface area contributed by atoms with E-state index < -0.39 is 5.91 Å². The van der Waals surface area contributed by atoms with E-state index >= 15 is 0 Å². The minimum Gasteiger partial charge on any atom is -0.469 e. The molecular formula is C13H17N3O3. The maximum Gasteiger partial charge on any atom is 0.310 e. The van der Waals surface area contributed by atoms with Crippen molar-refractivity contribution in [3.8, 4) is 0 Å². The number of amides is 1. The fraction of sp³-hybridized carbons (Fsp3) is 0.462. The lowest BCUT2D eigenvalue weighted by Crippen LogP contribution is -2.39. The molecule has 1 unspecified atom stereocenters. The SMILES string of the molecule is COC(=O)C1CCCN(c2ccc(C(N)=O)cn2)C1. The molecule has 6 nitrogen and oxygen atoms in total. The molecule has 1 fully saturated rings. The van der Waals surface area contributed by atoms with Gasteiger partial charge in [-0.1, -0.05) is 0 Å². The second-order valence-electron chi connectivity index (χ2n) is 4.58. The Balaban J connectivity index is 2.08. The molecule has 2 N–H and O–H groups in total. The number of rotatable bonds is 3. The van der Waals surface area contributed by atoms with Crippen molar-refractivity contribution >= 4 is 17.7 Å². The summed E-state index contributed by atoms with van der Waals surface area (Å²) in [6.07, 6.45) is 3.21. The quantitative estimate of drug-likeness (QED) is 0.806. The molecule has 0 bridgehead atoms. The Morgan fingerprint density at radius 1 is 1.47 bits per heavy atom. The normalized spacial score (nSPS) is 19.0. The number of carbonyl (C=O) groups excluding carboxylic acids is 2. The van der Waals surface area contributed by atoms with Crippen LogP contribution in [-0.4, -0.2) is 37.1 Å². The number of nitrogens with zero attached hydrogens (tertiary/aromatic N) is 2. The van der Waals surface area contributed by atoms with E-state index in [9.17, 15) is 9.59 Å². The van der Waals surface area contributed by atoms with Gasteiger partial charge in [-0.15, -0.1) is 0 Å². The zero-order valence-corrected chi connectivity index (χ0v) is 10.8. The van der Waals surface area contributed by atoms with Crippen molar-refractivity contribution in [2.75, 3.05) is 25.1 Å². The molecule has 102 valence electrons. The van der Waals surface area contributed by atoms with Crippen LogP contribution in [0, 0.1) is 5.92 Å². The highest BCUT2D eigenvalue weighted by molar-refractivity contribution is 5.92. The van der Waals surface area contributed by atoms with Gasteiger partial charge in [0.2, 0.25) is 5.91 Å². The summed E-state index contributed by atoms with van der Waals surface area (Å²) < 4.78 is 4.78. The molecule has 1 aliphatic rings. The number of ether oxygens (including phenoxy) is 1. The molecule has 1 amide bonds. The number of hydrogen-bond acceptors (Lipinski definition) is 5. The topological polar surface area (TPSA) is 85.5 Å². The van der Waals surface area contributed by atoms with Crippen LogP contribution < -0.4 is 10.6 Å². The van der Waals surface area contributed by atoms with Gasteiger partial charge in [-0.2, -0.15) is 0 Å². The highest BCUT2D eigenvalue weighted by atomic mass is 16.5. The maximum absolute atomic E-state index is 11.6. The Labute approximate surface area is 111 Å². The molecule has 2 rings (SSSR count). The van der Waals surface area contributed by atoms with E-state index in [0.717, 1.165) is 25.2 Å². The molecule has 0 aromatic carbocycles. The van der Waals surface area contributed by atoms with Crippen molar-refractivity contribution < 1.29 is 14.3 Å². The molecule has 0 aliphatic carbocycles. The van der Waals surface area contributed by atoms with Crippen LogP contribution >= 0.6 is 0 Å². The molecular weight excluding hydrogens is 246 g/mol. The van der Waals surface area contributed by atoms with E-state index in [-0.39, 0.29) is 11.9 Å². The largest absolute Gasteiger partial charge is 0.469 e. The van der Waals surface area contributed by atoms with Crippen LogP contribution in [0.2, 0.25) is 0 Å². The summed E-state index contributed by atoms with van der Waals surface area (Å²) in [6.45, 7) is 1.44. The average molecular weight is 263 g/mol. The fourth-order valence-electron chi connectivity index (χ4n) is 2.26. The third kappa shape index (κ3) is 3.01. The summed E-state index contributed by atoms with van der Waals surface area (Å²) in [7, 11) is 1.40. The lowest BCUT2D eigenvalue weighted by molar-refractivity contribution is -0.145. The number of methoxy groups -OCH3 is 1. The minimum absolute atomic E-state index is 0.114. The number of aromatic nitrogens is 1. The van der Waals surface area contributed by atoms with Gasteiger partial charge >= 0.3 is 5.97 Å². The van der Waals surface area contributed by atoms with Crippen molar-refractivity contribution in [1.82, 2.24) is 4.98 Å². The Bertz CT molecular complexity index is 473. The summed E-state index contributed by atoms with van der Waals surface area (Å²) in [6, 6.07) is 3.40. The number of esters is 1. The van der Waals surface area contributed by atoms with Gasteiger partial charge in [-0.25, -0.2) is 4.98 Å². The molecule has 0 spiro atoms. The predicted octanol–water partition coefficient (Wildman–Crippen LogP) is 0.570. The number of hydrogen-bond donors (Lipinski definition) is 1. The Kier molecular flexibility index (Phi) is 3.99. The Hall–Kier alpha value is -2.11. The monoisotopic (exact) mass is 263 g/mol. The van der Waals surface area contributed by atoms with Gasteiger partial charge in [0.05, 0.1) is 18.6 Å². The third-order valence-corrected chi connectivity index (χ3v) is 3.31. The Morgan fingerprint density at radius 3 is 2.84 bits per heavy atom. The number of nitrogens with two attached hydrogens (primary N) is 1. The van der Waals surface area contributed by atoms with Crippen LogP contribution in [0.5, 0.6) is 0 Å². The first kappa shape index (κ1) is 13.3. The highest BCUT2D eigenvalue weighted by Gasteiger charge is 2.27. The van der Waals surface area contributed by atoms with Gasteiger partial charge in [-0.05, 0) is 25.0 Å². The first-order chi connectivity index (χ1) is 9.11. The second kappa shape index (κ2) is 5.69. The molecule has 0 saturated carbocycles. The number of piperidine rings is 1. The lowest BCUT2D eigenvalue weighted by Gasteiger charge is -2.32. The van der Waals surface area contributed by atoms with E-state index in [1.54, 1.807) is 12.1 Å². The van der Waals surface area contributed by atoms with Gasteiger partial charge in [0.25, 0.3) is 0 Å². The summed E-state index contributed by atoms with van der Waals surface area (Å²) in [4.78, 5) is 28.8. The lowest BCUT2D eigenvalue weighted by atomic mass is 9.98. The highest BCUT2D eigenvalue weighted by Crippen LogP contribution is 2.22. The molecule has 6 heteroatoms. The van der Waals surface area contributed by atoms with E-state index in [1.165, 1.54) is 13.3 Å². The molecule has 1 atom stereocenters. The smallest absolute Gasteiger partial charge is 0.310 e. The van der Waals surface area contributed by atoms with Crippen LogP contribution in [-0.2, 0) is 9.53 Å². The molecule has 0 radical (unpaired) electrons. The summed E-state index contributed by atoms with van der Waals surface area (Å²) in [5.74, 6) is -0.0430. The first-order valence-electron chi connectivity index (χ1n) is 6.20. The van der Waals surface area contributed by atoms with Gasteiger partial charge in [0, 0.05) is 19.3 Å². The van der Waals surface area contributed by atoms with Crippen molar-refractivity contribution in [1.29, 1.82) is 0 Å². The van der Waals surface area contributed by atoms with Crippen LogP contribution in [0.25, 0.3) is 0 Å². The first-order valence-corrected chi connectivity index (χ1v) is 6.20. The molecule has 2 heterocycles.